The van der Waals surface area contributed by atoms with Crippen LogP contribution < -0.4 is 4.90 Å². The quantitative estimate of drug-likeness (QED) is 0.809. The van der Waals surface area contributed by atoms with E-state index in [1.54, 1.807) is 0 Å². The number of carbonyl (C=O) groups is 3. The molecule has 0 unspecified atom stereocenters. The summed E-state index contributed by atoms with van der Waals surface area (Å²) in [5.41, 5.74) is -0.251. The predicted molar refractivity (Wildman–Crippen MR) is 82.8 cm³/mol. The van der Waals surface area contributed by atoms with Crippen molar-refractivity contribution in [2.75, 3.05) is 32.5 Å². The molecule has 128 valence electrons. The van der Waals surface area contributed by atoms with Crippen LogP contribution in [-0.2, 0) is 23.8 Å². The molecule has 0 radical (unpaired) electrons. The van der Waals surface area contributed by atoms with Crippen LogP contribution in [0.2, 0.25) is 5.02 Å². The summed E-state index contributed by atoms with van der Waals surface area (Å²) in [6.07, 6.45) is 0. The normalized spacial score (nSPS) is 14.4. The first-order valence-electron chi connectivity index (χ1n) is 6.68. The molecule has 24 heavy (non-hydrogen) atoms. The molecule has 0 fully saturated rings. The number of carboxylic acids is 1. The van der Waals surface area contributed by atoms with Gasteiger partial charge in [0.25, 0.3) is 0 Å². The van der Waals surface area contributed by atoms with Crippen LogP contribution in [0.5, 0.6) is 0 Å². The van der Waals surface area contributed by atoms with Gasteiger partial charge in [0.05, 0.1) is 37.7 Å². The zero-order valence-electron chi connectivity index (χ0n) is 12.9. The van der Waals surface area contributed by atoms with Crippen LogP contribution in [-0.4, -0.2) is 50.6 Å². The molecule has 0 atom stereocenters. The maximum atomic E-state index is 12.2. The third-order valence-electron chi connectivity index (χ3n) is 3.31. The highest BCUT2D eigenvalue weighted by Crippen LogP contribution is 2.31. The number of rotatable bonds is 4. The maximum Gasteiger partial charge on any atom is 0.355 e. The van der Waals surface area contributed by atoms with Gasteiger partial charge >= 0.3 is 17.9 Å². The lowest BCUT2D eigenvalue weighted by Gasteiger charge is -2.32. The van der Waals surface area contributed by atoms with Crippen molar-refractivity contribution in [2.24, 2.45) is 0 Å². The molecule has 0 spiro atoms. The average molecular weight is 356 g/mol. The second-order valence-corrected chi connectivity index (χ2v) is 5.12. The van der Waals surface area contributed by atoms with Crippen LogP contribution in [0.1, 0.15) is 10.4 Å². The fourth-order valence-electron chi connectivity index (χ4n) is 2.24. The zero-order chi connectivity index (χ0) is 17.9. The lowest BCUT2D eigenvalue weighted by Crippen LogP contribution is -2.39. The van der Waals surface area contributed by atoms with Crippen LogP contribution >= 0.6 is 11.6 Å². The number of methoxy groups -OCH3 is 2. The monoisotopic (exact) mass is 355 g/mol. The number of esters is 2. The minimum absolute atomic E-state index is 0.0769. The minimum atomic E-state index is -1.23. The molecular formula is C15H14ClNO7. The molecule has 0 saturated carbocycles. The zero-order valence-corrected chi connectivity index (χ0v) is 13.6. The number of anilines is 1. The molecule has 1 aromatic rings. The van der Waals surface area contributed by atoms with Crippen molar-refractivity contribution in [3.05, 3.63) is 40.1 Å². The molecule has 1 aliphatic rings. The van der Waals surface area contributed by atoms with Gasteiger partial charge in [-0.2, -0.15) is 0 Å². The van der Waals surface area contributed by atoms with Gasteiger partial charge in [0.1, 0.15) is 12.4 Å². The molecular weight excluding hydrogens is 342 g/mol. The molecule has 1 N–H and O–H groups in total. The lowest BCUT2D eigenvalue weighted by molar-refractivity contribution is -0.140. The Bertz CT molecular complexity index is 729. The smallest absolute Gasteiger partial charge is 0.355 e. The van der Waals surface area contributed by atoms with E-state index in [2.05, 4.69) is 4.74 Å². The van der Waals surface area contributed by atoms with Crippen LogP contribution in [0.3, 0.4) is 0 Å². The predicted octanol–water partition coefficient (Wildman–Crippen LogP) is 1.43. The van der Waals surface area contributed by atoms with Gasteiger partial charge in [0.2, 0.25) is 0 Å². The van der Waals surface area contributed by atoms with Crippen LogP contribution in [0.25, 0.3) is 0 Å². The van der Waals surface area contributed by atoms with E-state index < -0.39 is 17.9 Å². The third-order valence-corrected chi connectivity index (χ3v) is 3.55. The van der Waals surface area contributed by atoms with E-state index in [9.17, 15) is 19.5 Å². The number of ether oxygens (including phenoxy) is 3. The van der Waals surface area contributed by atoms with E-state index in [0.29, 0.717) is 0 Å². The summed E-state index contributed by atoms with van der Waals surface area (Å²) in [4.78, 5) is 36.8. The molecule has 9 heteroatoms. The Balaban J connectivity index is 2.68. The van der Waals surface area contributed by atoms with Crippen LogP contribution in [0, 0.1) is 0 Å². The fourth-order valence-corrected chi connectivity index (χ4v) is 2.41. The molecule has 8 nitrogen and oxygen atoms in total. The Morgan fingerprint density at radius 3 is 2.46 bits per heavy atom. The topological polar surface area (TPSA) is 102 Å². The summed E-state index contributed by atoms with van der Waals surface area (Å²) in [7, 11) is 2.30. The van der Waals surface area contributed by atoms with Gasteiger partial charge in [-0.3, -0.25) is 0 Å². The summed E-state index contributed by atoms with van der Waals surface area (Å²) in [5.74, 6) is -2.83. The number of halogens is 1. The summed E-state index contributed by atoms with van der Waals surface area (Å²) >= 11 is 5.94. The highest BCUT2D eigenvalue weighted by atomic mass is 35.5. The van der Waals surface area contributed by atoms with Crippen molar-refractivity contribution in [3.8, 4) is 0 Å². The Labute approximate surface area is 142 Å². The summed E-state index contributed by atoms with van der Waals surface area (Å²) in [6, 6.07) is 4.06. The van der Waals surface area contributed by atoms with Crippen molar-refractivity contribution in [1.82, 2.24) is 0 Å². The van der Waals surface area contributed by atoms with Crippen molar-refractivity contribution < 1.29 is 33.7 Å². The molecule has 0 bridgehead atoms. The number of hydrogen-bond donors (Lipinski definition) is 1. The van der Waals surface area contributed by atoms with Crippen molar-refractivity contribution in [1.29, 1.82) is 0 Å². The fraction of sp³-hybridized carbons (Fsp3) is 0.267. The summed E-state index contributed by atoms with van der Waals surface area (Å²) in [6.45, 7) is -0.331. The molecule has 1 aromatic carbocycles. The maximum absolute atomic E-state index is 12.2. The Morgan fingerprint density at radius 1 is 1.21 bits per heavy atom. The molecule has 0 amide bonds. The second kappa shape index (κ2) is 7.33. The van der Waals surface area contributed by atoms with Crippen LogP contribution in [0.15, 0.2) is 29.5 Å². The Hall–Kier alpha value is -2.58. The largest absolute Gasteiger partial charge is 0.478 e. The van der Waals surface area contributed by atoms with Crippen molar-refractivity contribution in [3.63, 3.8) is 0 Å². The molecule has 0 saturated heterocycles. The third kappa shape index (κ3) is 3.34. The van der Waals surface area contributed by atoms with Gasteiger partial charge in [-0.05, 0) is 18.2 Å². The Morgan fingerprint density at radius 2 is 1.88 bits per heavy atom. The van der Waals surface area contributed by atoms with Crippen LogP contribution in [0.4, 0.5) is 5.69 Å². The first-order valence-corrected chi connectivity index (χ1v) is 7.06. The molecule has 2 rings (SSSR count). The molecule has 0 aromatic heterocycles. The second-order valence-electron chi connectivity index (χ2n) is 4.68. The molecule has 0 aliphatic carbocycles. The first-order chi connectivity index (χ1) is 11.4. The molecule has 1 heterocycles. The number of carboxylic acid groups (broad SMARTS) is 1. The number of nitrogens with zero attached hydrogens (tertiary/aromatic N) is 1. The highest BCUT2D eigenvalue weighted by molar-refractivity contribution is 6.31. The van der Waals surface area contributed by atoms with Crippen molar-refractivity contribution >= 4 is 35.2 Å². The van der Waals surface area contributed by atoms with Gasteiger partial charge in [-0.15, -0.1) is 0 Å². The van der Waals surface area contributed by atoms with Crippen molar-refractivity contribution in [2.45, 2.75) is 0 Å². The van der Waals surface area contributed by atoms with Gasteiger partial charge in [0.15, 0.2) is 0 Å². The van der Waals surface area contributed by atoms with E-state index in [1.165, 1.54) is 23.1 Å². The van der Waals surface area contributed by atoms with E-state index in [0.717, 1.165) is 14.2 Å². The van der Waals surface area contributed by atoms with E-state index >= 15 is 0 Å². The van der Waals surface area contributed by atoms with Gasteiger partial charge in [-0.1, -0.05) is 11.6 Å². The lowest BCUT2D eigenvalue weighted by atomic mass is 10.1. The SMILES string of the molecule is COC(=O)C1=C(C(=O)OC)N(c2cc(Cl)ccc2C(=O)O)COC1. The first kappa shape index (κ1) is 17.8. The van der Waals surface area contributed by atoms with Gasteiger partial charge in [0, 0.05) is 5.02 Å². The standard InChI is InChI=1S/C15H14ClNO7/c1-22-14(20)10-6-24-7-17(12(10)15(21)23-2)11-5-8(16)3-4-9(11)13(18)19/h3-5H,6-7H2,1-2H3,(H,18,19). The van der Waals surface area contributed by atoms with Gasteiger partial charge in [-0.25, -0.2) is 14.4 Å². The van der Waals surface area contributed by atoms with E-state index in [-0.39, 0.29) is 40.9 Å². The number of benzene rings is 1. The number of aromatic carboxylic acids is 1. The average Bonchev–Trinajstić information content (AvgIpc) is 2.59. The number of hydrogen-bond acceptors (Lipinski definition) is 7. The summed E-state index contributed by atoms with van der Waals surface area (Å²) < 4.78 is 14.7. The minimum Gasteiger partial charge on any atom is -0.478 e. The highest BCUT2D eigenvalue weighted by Gasteiger charge is 2.34. The Kier molecular flexibility index (Phi) is 5.42. The summed E-state index contributed by atoms with van der Waals surface area (Å²) in [5, 5.41) is 9.61. The van der Waals surface area contributed by atoms with E-state index in [1.807, 2.05) is 0 Å². The molecule has 1 aliphatic heterocycles. The number of carbonyl (C=O) groups excluding carboxylic acids is 2. The van der Waals surface area contributed by atoms with E-state index in [4.69, 9.17) is 21.1 Å². The van der Waals surface area contributed by atoms with Gasteiger partial charge < -0.3 is 24.2 Å².